The van der Waals surface area contributed by atoms with Crippen molar-refractivity contribution in [1.82, 2.24) is 0 Å². The van der Waals surface area contributed by atoms with E-state index in [1.807, 2.05) is 77.5 Å². The molecule has 0 spiro atoms. The van der Waals surface area contributed by atoms with Crippen LogP contribution in [0.2, 0.25) is 0 Å². The number of quaternary nitrogens is 1. The Labute approximate surface area is 198 Å². The zero-order valence-corrected chi connectivity index (χ0v) is 19.4. The van der Waals surface area contributed by atoms with Gasteiger partial charge in [0.25, 0.3) is 0 Å². The SMILES string of the molecule is O=C(C[N+]12CCC(CC1)[C@@H](OC(=O)[C@H](Nc1ccccc1)c1ccccc1)C2)c1ccsc1. The molecule has 5 nitrogen and oxygen atoms in total. The van der Waals surface area contributed by atoms with E-state index in [1.54, 1.807) is 11.3 Å². The van der Waals surface area contributed by atoms with E-state index in [1.165, 1.54) is 0 Å². The maximum atomic E-state index is 13.4. The van der Waals surface area contributed by atoms with E-state index >= 15 is 0 Å². The minimum Gasteiger partial charge on any atom is -0.454 e. The highest BCUT2D eigenvalue weighted by atomic mass is 32.1. The molecule has 2 atom stereocenters. The summed E-state index contributed by atoms with van der Waals surface area (Å²) in [6.45, 7) is 3.18. The van der Waals surface area contributed by atoms with Crippen LogP contribution in [0.25, 0.3) is 0 Å². The van der Waals surface area contributed by atoms with Crippen molar-refractivity contribution in [1.29, 1.82) is 0 Å². The average molecular weight is 462 g/mol. The summed E-state index contributed by atoms with van der Waals surface area (Å²) in [5.74, 6) is 0.305. The highest BCUT2D eigenvalue weighted by molar-refractivity contribution is 7.08. The molecule has 33 heavy (non-hydrogen) atoms. The number of fused-ring (bicyclic) bond motifs is 3. The molecule has 0 radical (unpaired) electrons. The number of anilines is 1. The number of Topliss-reactive ketones (excluding diaryl/α,β-unsaturated/α-hetero) is 1. The topological polar surface area (TPSA) is 55.4 Å². The first-order chi connectivity index (χ1) is 16.1. The molecule has 6 heteroatoms. The Balaban J connectivity index is 1.31. The van der Waals surface area contributed by atoms with Crippen LogP contribution < -0.4 is 5.32 Å². The lowest BCUT2D eigenvalue weighted by atomic mass is 9.82. The second-order valence-electron chi connectivity index (χ2n) is 9.23. The largest absolute Gasteiger partial charge is 0.454 e. The maximum Gasteiger partial charge on any atom is 0.333 e. The van der Waals surface area contributed by atoms with E-state index < -0.39 is 6.04 Å². The second kappa shape index (κ2) is 9.49. The third kappa shape index (κ3) is 4.87. The minimum atomic E-state index is -0.579. The van der Waals surface area contributed by atoms with Gasteiger partial charge in [-0.15, -0.1) is 0 Å². The lowest BCUT2D eigenvalue weighted by molar-refractivity contribution is -0.938. The number of rotatable bonds is 8. The molecule has 3 saturated heterocycles. The Morgan fingerprint density at radius 2 is 1.70 bits per heavy atom. The fourth-order valence-electron chi connectivity index (χ4n) is 5.24. The van der Waals surface area contributed by atoms with Gasteiger partial charge in [0.15, 0.2) is 12.1 Å². The number of hydrogen-bond acceptors (Lipinski definition) is 5. The van der Waals surface area contributed by atoms with Crippen molar-refractivity contribution in [2.24, 2.45) is 5.92 Å². The Hall–Kier alpha value is -2.96. The Kier molecular flexibility index (Phi) is 6.29. The summed E-state index contributed by atoms with van der Waals surface area (Å²) >= 11 is 1.55. The molecule has 2 bridgehead atoms. The first kappa shape index (κ1) is 21.9. The van der Waals surface area contributed by atoms with E-state index in [9.17, 15) is 9.59 Å². The molecule has 0 saturated carbocycles. The van der Waals surface area contributed by atoms with Crippen molar-refractivity contribution in [3.05, 3.63) is 88.6 Å². The summed E-state index contributed by atoms with van der Waals surface area (Å²) in [7, 11) is 0. The maximum absolute atomic E-state index is 13.4. The molecule has 6 rings (SSSR count). The van der Waals surface area contributed by atoms with E-state index in [-0.39, 0.29) is 17.9 Å². The zero-order chi connectivity index (χ0) is 22.7. The van der Waals surface area contributed by atoms with Crippen LogP contribution in [0.15, 0.2) is 77.5 Å². The molecule has 3 aliphatic heterocycles. The number of hydrogen-bond donors (Lipinski definition) is 1. The number of piperidine rings is 3. The third-order valence-electron chi connectivity index (χ3n) is 7.08. The lowest BCUT2D eigenvalue weighted by Gasteiger charge is -2.51. The molecule has 4 heterocycles. The van der Waals surface area contributed by atoms with Crippen molar-refractivity contribution in [3.8, 4) is 0 Å². The smallest absolute Gasteiger partial charge is 0.333 e. The Bertz CT molecular complexity index is 1080. The fourth-order valence-corrected chi connectivity index (χ4v) is 5.90. The number of ketones is 1. The first-order valence-electron chi connectivity index (χ1n) is 11.6. The Morgan fingerprint density at radius 3 is 2.36 bits per heavy atom. The first-order valence-corrected chi connectivity index (χ1v) is 12.5. The van der Waals surface area contributed by atoms with E-state index in [0.717, 1.165) is 53.8 Å². The zero-order valence-electron chi connectivity index (χ0n) is 18.6. The summed E-state index contributed by atoms with van der Waals surface area (Å²) in [5, 5.41) is 7.23. The molecular formula is C27H29N2O3S+. The normalized spacial score (nSPS) is 24.7. The summed E-state index contributed by atoms with van der Waals surface area (Å²) in [6.07, 6.45) is 1.84. The van der Waals surface area contributed by atoms with Crippen LogP contribution in [0.3, 0.4) is 0 Å². The van der Waals surface area contributed by atoms with Crippen molar-refractivity contribution in [3.63, 3.8) is 0 Å². The summed E-state index contributed by atoms with van der Waals surface area (Å²) in [6, 6.07) is 20.8. The van der Waals surface area contributed by atoms with E-state index in [2.05, 4.69) is 5.32 Å². The summed E-state index contributed by atoms with van der Waals surface area (Å²) in [5.41, 5.74) is 2.55. The number of thiophene rings is 1. The van der Waals surface area contributed by atoms with E-state index in [4.69, 9.17) is 4.74 Å². The molecule has 170 valence electrons. The van der Waals surface area contributed by atoms with Gasteiger partial charge in [-0.05, 0) is 29.1 Å². The Morgan fingerprint density at radius 1 is 1.00 bits per heavy atom. The number of nitrogens with zero attached hydrogens (tertiary/aromatic N) is 1. The molecule has 3 fully saturated rings. The van der Waals surface area contributed by atoms with Gasteiger partial charge in [-0.2, -0.15) is 11.3 Å². The van der Waals surface area contributed by atoms with Crippen LogP contribution in [0.1, 0.15) is 34.8 Å². The second-order valence-corrected chi connectivity index (χ2v) is 10.0. The highest BCUT2D eigenvalue weighted by Crippen LogP contribution is 2.36. The number of carbonyl (C=O) groups is 2. The lowest BCUT2D eigenvalue weighted by Crippen LogP contribution is -2.65. The van der Waals surface area contributed by atoms with Gasteiger partial charge >= 0.3 is 5.97 Å². The van der Waals surface area contributed by atoms with Crippen molar-refractivity contribution in [2.45, 2.75) is 25.0 Å². The minimum absolute atomic E-state index is 0.154. The van der Waals surface area contributed by atoms with Crippen molar-refractivity contribution < 1.29 is 18.8 Å². The van der Waals surface area contributed by atoms with Gasteiger partial charge < -0.3 is 14.5 Å². The van der Waals surface area contributed by atoms with Gasteiger partial charge in [0.05, 0.1) is 13.1 Å². The number of benzene rings is 2. The van der Waals surface area contributed by atoms with Crippen LogP contribution >= 0.6 is 11.3 Å². The van der Waals surface area contributed by atoms with Gasteiger partial charge in [0, 0.05) is 35.4 Å². The molecule has 0 unspecified atom stereocenters. The molecule has 1 aromatic heterocycles. The third-order valence-corrected chi connectivity index (χ3v) is 7.77. The summed E-state index contributed by atoms with van der Waals surface area (Å²) < 4.78 is 6.91. The molecular weight excluding hydrogens is 432 g/mol. The van der Waals surface area contributed by atoms with Gasteiger partial charge in [-0.25, -0.2) is 4.79 Å². The standard InChI is InChI=1S/C27H29N2O3S/c30-24(22-13-16-33-19-22)17-29-14-11-20(12-15-29)25(18-29)32-27(31)26(21-7-3-1-4-8-21)28-23-9-5-2-6-10-23/h1-10,13,16,19-20,25-26,28H,11-12,14-15,17-18H2/q+1/t20?,25-,26+,29?/m0/s1. The van der Waals surface area contributed by atoms with Crippen molar-refractivity contribution in [2.75, 3.05) is 31.5 Å². The molecule has 3 aromatic rings. The predicted molar refractivity (Wildman–Crippen MR) is 130 cm³/mol. The van der Waals surface area contributed by atoms with Gasteiger partial charge in [-0.3, -0.25) is 4.79 Å². The van der Waals surface area contributed by atoms with Crippen LogP contribution in [-0.4, -0.2) is 48.5 Å². The van der Waals surface area contributed by atoms with E-state index in [0.29, 0.717) is 12.5 Å². The molecule has 0 amide bonds. The molecule has 0 aliphatic carbocycles. The van der Waals surface area contributed by atoms with Crippen LogP contribution in [0.5, 0.6) is 0 Å². The number of carbonyl (C=O) groups excluding carboxylic acids is 2. The monoisotopic (exact) mass is 461 g/mol. The molecule has 1 N–H and O–H groups in total. The van der Waals surface area contributed by atoms with Gasteiger partial charge in [0.1, 0.15) is 13.1 Å². The molecule has 2 aromatic carbocycles. The van der Waals surface area contributed by atoms with Crippen LogP contribution in [0.4, 0.5) is 5.69 Å². The van der Waals surface area contributed by atoms with Crippen LogP contribution in [0, 0.1) is 5.92 Å². The van der Waals surface area contributed by atoms with Gasteiger partial charge in [-0.1, -0.05) is 48.5 Å². The predicted octanol–water partition coefficient (Wildman–Crippen LogP) is 4.94. The average Bonchev–Trinajstić information content (AvgIpc) is 3.40. The number of esters is 1. The number of para-hydroxylation sites is 1. The number of nitrogens with one attached hydrogen (secondary N) is 1. The van der Waals surface area contributed by atoms with Crippen molar-refractivity contribution >= 4 is 28.8 Å². The van der Waals surface area contributed by atoms with Gasteiger partial charge in [0.2, 0.25) is 5.78 Å². The number of ether oxygens (including phenoxy) is 1. The quantitative estimate of drug-likeness (QED) is 0.293. The molecule has 3 aliphatic rings. The van der Waals surface area contributed by atoms with Crippen LogP contribution in [-0.2, 0) is 9.53 Å². The summed E-state index contributed by atoms with van der Waals surface area (Å²) in [4.78, 5) is 26.3. The highest BCUT2D eigenvalue weighted by Gasteiger charge is 2.49. The fraction of sp³-hybridized carbons (Fsp3) is 0.333.